The Kier molecular flexibility index (Phi) is 6.36. The Morgan fingerprint density at radius 1 is 1.20 bits per heavy atom. The third-order valence-corrected chi connectivity index (χ3v) is 3.72. The summed E-state index contributed by atoms with van der Waals surface area (Å²) in [5, 5.41) is 9.43. The molecule has 0 aromatic heterocycles. The van der Waals surface area contributed by atoms with E-state index in [1.165, 1.54) is 0 Å². The van der Waals surface area contributed by atoms with E-state index in [2.05, 4.69) is 0 Å². The quantitative estimate of drug-likeness (QED) is 0.422. The molecule has 0 aliphatic heterocycles. The number of nitriles is 1. The van der Waals surface area contributed by atoms with E-state index in [0.29, 0.717) is 29.2 Å². The number of hydrogen-bond donors (Lipinski definition) is 0. The third-order valence-electron chi connectivity index (χ3n) is 3.72. The standard InChI is InChI=1S/C21H21NO3/c1-4-11-25-20-13-16(9-10-19(20)24-3)12-17(14-22)21(23)18-8-6-5-7-15(18)2/h5-10,12-13H,4,11H2,1-3H3/b17-12+. The van der Waals surface area contributed by atoms with Gasteiger partial charge in [0, 0.05) is 5.56 Å². The van der Waals surface area contributed by atoms with Crippen LogP contribution in [-0.2, 0) is 0 Å². The molecule has 0 saturated heterocycles. The van der Waals surface area contributed by atoms with Crippen molar-refractivity contribution in [1.29, 1.82) is 5.26 Å². The summed E-state index contributed by atoms with van der Waals surface area (Å²) in [6.45, 7) is 4.44. The highest BCUT2D eigenvalue weighted by molar-refractivity contribution is 6.14. The molecule has 4 nitrogen and oxygen atoms in total. The van der Waals surface area contributed by atoms with Gasteiger partial charge in [-0.25, -0.2) is 0 Å². The topological polar surface area (TPSA) is 59.3 Å². The fourth-order valence-corrected chi connectivity index (χ4v) is 2.40. The zero-order valence-electron chi connectivity index (χ0n) is 14.7. The summed E-state index contributed by atoms with van der Waals surface area (Å²) in [7, 11) is 1.58. The summed E-state index contributed by atoms with van der Waals surface area (Å²) in [4.78, 5) is 12.6. The second kappa shape index (κ2) is 8.70. The zero-order chi connectivity index (χ0) is 18.2. The lowest BCUT2D eigenvalue weighted by atomic mass is 9.98. The van der Waals surface area contributed by atoms with Crippen molar-refractivity contribution in [3.8, 4) is 17.6 Å². The smallest absolute Gasteiger partial charge is 0.203 e. The van der Waals surface area contributed by atoms with Gasteiger partial charge in [-0.2, -0.15) is 5.26 Å². The first kappa shape index (κ1) is 18.3. The van der Waals surface area contributed by atoms with Crippen LogP contribution in [0.25, 0.3) is 6.08 Å². The van der Waals surface area contributed by atoms with Crippen LogP contribution in [0.4, 0.5) is 0 Å². The lowest BCUT2D eigenvalue weighted by Crippen LogP contribution is -2.04. The summed E-state index contributed by atoms with van der Waals surface area (Å²) < 4.78 is 11.0. The number of allylic oxidation sites excluding steroid dienone is 1. The van der Waals surface area contributed by atoms with Crippen LogP contribution in [-0.4, -0.2) is 19.5 Å². The van der Waals surface area contributed by atoms with Crippen LogP contribution in [0.3, 0.4) is 0 Å². The number of nitrogens with zero attached hydrogens (tertiary/aromatic N) is 1. The number of ether oxygens (including phenoxy) is 2. The van der Waals surface area contributed by atoms with Gasteiger partial charge in [0.25, 0.3) is 0 Å². The largest absolute Gasteiger partial charge is 0.493 e. The average molecular weight is 335 g/mol. The molecule has 0 unspecified atom stereocenters. The lowest BCUT2D eigenvalue weighted by molar-refractivity contribution is 0.103. The first-order valence-corrected chi connectivity index (χ1v) is 8.13. The predicted molar refractivity (Wildman–Crippen MR) is 97.9 cm³/mol. The molecule has 0 aliphatic carbocycles. The molecule has 2 rings (SSSR count). The van der Waals surface area contributed by atoms with E-state index in [1.54, 1.807) is 43.5 Å². The highest BCUT2D eigenvalue weighted by atomic mass is 16.5. The normalized spacial score (nSPS) is 10.9. The molecule has 128 valence electrons. The van der Waals surface area contributed by atoms with Gasteiger partial charge < -0.3 is 9.47 Å². The second-order valence-electron chi connectivity index (χ2n) is 5.57. The monoisotopic (exact) mass is 335 g/mol. The molecule has 0 aliphatic rings. The van der Waals surface area contributed by atoms with Gasteiger partial charge >= 0.3 is 0 Å². The highest BCUT2D eigenvalue weighted by Crippen LogP contribution is 2.29. The van der Waals surface area contributed by atoms with Crippen molar-refractivity contribution in [3.05, 3.63) is 64.7 Å². The van der Waals surface area contributed by atoms with Crippen LogP contribution in [0.5, 0.6) is 11.5 Å². The number of benzene rings is 2. The Bertz CT molecular complexity index is 831. The minimum atomic E-state index is -0.285. The minimum Gasteiger partial charge on any atom is -0.493 e. The van der Waals surface area contributed by atoms with E-state index in [9.17, 15) is 10.1 Å². The second-order valence-corrected chi connectivity index (χ2v) is 5.57. The molecule has 0 fully saturated rings. The first-order valence-electron chi connectivity index (χ1n) is 8.13. The maximum atomic E-state index is 12.6. The molecule has 0 spiro atoms. The number of ketones is 1. The molecule has 2 aromatic carbocycles. The fraction of sp³-hybridized carbons (Fsp3) is 0.238. The maximum Gasteiger partial charge on any atom is 0.203 e. The van der Waals surface area contributed by atoms with E-state index >= 15 is 0 Å². The van der Waals surface area contributed by atoms with Gasteiger partial charge in [0.05, 0.1) is 13.7 Å². The number of aryl methyl sites for hydroxylation is 1. The fourth-order valence-electron chi connectivity index (χ4n) is 2.40. The molecule has 0 atom stereocenters. The summed E-state index contributed by atoms with van der Waals surface area (Å²) in [6, 6.07) is 14.6. The summed E-state index contributed by atoms with van der Waals surface area (Å²) in [5.74, 6) is 0.931. The van der Waals surface area contributed by atoms with Crippen molar-refractivity contribution in [3.63, 3.8) is 0 Å². The lowest BCUT2D eigenvalue weighted by Gasteiger charge is -2.11. The molecule has 0 N–H and O–H groups in total. The molecule has 0 bridgehead atoms. The molecule has 2 aromatic rings. The molecular weight excluding hydrogens is 314 g/mol. The number of methoxy groups -OCH3 is 1. The molecule has 0 saturated carbocycles. The zero-order valence-corrected chi connectivity index (χ0v) is 14.7. The van der Waals surface area contributed by atoms with Crippen molar-refractivity contribution in [2.24, 2.45) is 0 Å². The average Bonchev–Trinajstić information content (AvgIpc) is 2.64. The van der Waals surface area contributed by atoms with E-state index in [4.69, 9.17) is 9.47 Å². The number of carbonyl (C=O) groups is 1. The third kappa shape index (κ3) is 4.48. The molecule has 4 heteroatoms. The predicted octanol–water partition coefficient (Wildman–Crippen LogP) is 4.58. The minimum absolute atomic E-state index is 0.0842. The van der Waals surface area contributed by atoms with Gasteiger partial charge in [0.15, 0.2) is 11.5 Å². The van der Waals surface area contributed by atoms with Crippen molar-refractivity contribution >= 4 is 11.9 Å². The molecule has 0 heterocycles. The van der Waals surface area contributed by atoms with E-state index in [0.717, 1.165) is 12.0 Å². The van der Waals surface area contributed by atoms with Crippen LogP contribution in [0, 0.1) is 18.3 Å². The van der Waals surface area contributed by atoms with Crippen molar-refractivity contribution < 1.29 is 14.3 Å². The van der Waals surface area contributed by atoms with Gasteiger partial charge in [-0.3, -0.25) is 4.79 Å². The molecule has 0 amide bonds. The van der Waals surface area contributed by atoms with E-state index in [-0.39, 0.29) is 11.4 Å². The molecular formula is C21H21NO3. The van der Waals surface area contributed by atoms with Crippen LogP contribution in [0.1, 0.15) is 34.8 Å². The maximum absolute atomic E-state index is 12.6. The van der Waals surface area contributed by atoms with Crippen LogP contribution >= 0.6 is 0 Å². The number of hydrogen-bond acceptors (Lipinski definition) is 4. The number of rotatable bonds is 7. The summed E-state index contributed by atoms with van der Waals surface area (Å²) in [5.41, 5.74) is 2.17. The SMILES string of the molecule is CCCOc1cc(/C=C(\C#N)C(=O)c2ccccc2C)ccc1OC. The van der Waals surface area contributed by atoms with Crippen molar-refractivity contribution in [1.82, 2.24) is 0 Å². The summed E-state index contributed by atoms with van der Waals surface area (Å²) in [6.07, 6.45) is 2.45. The Morgan fingerprint density at radius 3 is 2.60 bits per heavy atom. The van der Waals surface area contributed by atoms with Gasteiger partial charge in [-0.05, 0) is 42.7 Å². The number of Topliss-reactive ketones (excluding diaryl/α,β-unsaturated/α-hetero) is 1. The van der Waals surface area contributed by atoms with Crippen LogP contribution in [0.15, 0.2) is 48.0 Å². The Hall–Kier alpha value is -3.06. The van der Waals surface area contributed by atoms with Crippen LogP contribution < -0.4 is 9.47 Å². The van der Waals surface area contributed by atoms with E-state index in [1.807, 2.05) is 32.0 Å². The van der Waals surface area contributed by atoms with Gasteiger partial charge in [-0.15, -0.1) is 0 Å². The molecule has 0 radical (unpaired) electrons. The highest BCUT2D eigenvalue weighted by Gasteiger charge is 2.14. The van der Waals surface area contributed by atoms with Gasteiger partial charge in [0.2, 0.25) is 5.78 Å². The first-order chi connectivity index (χ1) is 12.1. The van der Waals surface area contributed by atoms with E-state index < -0.39 is 0 Å². The molecule has 25 heavy (non-hydrogen) atoms. The Labute approximate surface area is 148 Å². The van der Waals surface area contributed by atoms with Gasteiger partial charge in [-0.1, -0.05) is 37.3 Å². The van der Waals surface area contributed by atoms with Gasteiger partial charge in [0.1, 0.15) is 11.6 Å². The Morgan fingerprint density at radius 2 is 1.96 bits per heavy atom. The Balaban J connectivity index is 2.38. The number of carbonyl (C=O) groups excluding carboxylic acids is 1. The van der Waals surface area contributed by atoms with Crippen LogP contribution in [0.2, 0.25) is 0 Å². The van der Waals surface area contributed by atoms with Crippen molar-refractivity contribution in [2.45, 2.75) is 20.3 Å². The summed E-state index contributed by atoms with van der Waals surface area (Å²) >= 11 is 0. The van der Waals surface area contributed by atoms with Crippen molar-refractivity contribution in [2.75, 3.05) is 13.7 Å².